The zero-order chi connectivity index (χ0) is 17.7. The molecule has 1 atom stereocenters. The highest BCUT2D eigenvalue weighted by Gasteiger charge is 2.32. The van der Waals surface area contributed by atoms with Crippen LogP contribution in [0.1, 0.15) is 40.4 Å². The van der Waals surface area contributed by atoms with Gasteiger partial charge in [0, 0.05) is 17.0 Å². The molecule has 0 fully saturated rings. The van der Waals surface area contributed by atoms with E-state index in [0.717, 1.165) is 34.9 Å². The van der Waals surface area contributed by atoms with Gasteiger partial charge in [0.2, 0.25) is 0 Å². The van der Waals surface area contributed by atoms with Crippen LogP contribution in [-0.4, -0.2) is 24.5 Å². The molecule has 0 radical (unpaired) electrons. The van der Waals surface area contributed by atoms with E-state index in [1.807, 2.05) is 23.1 Å². The first kappa shape index (κ1) is 15.6. The van der Waals surface area contributed by atoms with Crippen LogP contribution in [0.4, 0.5) is 5.69 Å². The first-order chi connectivity index (χ1) is 12.7. The first-order valence-corrected chi connectivity index (χ1v) is 9.36. The second kappa shape index (κ2) is 5.96. The van der Waals surface area contributed by atoms with Crippen LogP contribution < -0.4 is 4.90 Å². The van der Waals surface area contributed by atoms with Gasteiger partial charge in [0.25, 0.3) is 5.91 Å². The SMILES string of the molecule is CN(CN1C(=O)c2cccc3cccc1c23)[C@H]1CCCc2ccccc21. The van der Waals surface area contributed by atoms with Crippen molar-refractivity contribution in [2.24, 2.45) is 0 Å². The van der Waals surface area contributed by atoms with Crippen LogP contribution in [0.5, 0.6) is 0 Å². The van der Waals surface area contributed by atoms with E-state index < -0.39 is 0 Å². The normalized spacial score (nSPS) is 18.6. The Morgan fingerprint density at radius 1 is 1.04 bits per heavy atom. The number of hydrogen-bond acceptors (Lipinski definition) is 2. The monoisotopic (exact) mass is 342 g/mol. The Bertz CT molecular complexity index is 1000. The molecular weight excluding hydrogens is 320 g/mol. The molecule has 0 aromatic heterocycles. The largest absolute Gasteiger partial charge is 0.294 e. The van der Waals surface area contributed by atoms with Gasteiger partial charge in [0.05, 0.1) is 12.4 Å². The molecule has 0 saturated carbocycles. The molecule has 5 rings (SSSR count). The van der Waals surface area contributed by atoms with E-state index in [0.29, 0.717) is 12.7 Å². The lowest BCUT2D eigenvalue weighted by Gasteiger charge is -2.35. The molecule has 3 heteroatoms. The standard InChI is InChI=1S/C23H22N2O/c1-24(20-13-5-8-16-7-2-3-11-18(16)20)15-25-21-14-6-10-17-9-4-12-19(22(17)21)23(25)26/h2-4,6-7,9-12,14,20H,5,8,13,15H2,1H3/t20-/m0/s1. The van der Waals surface area contributed by atoms with Crippen LogP contribution in [0.15, 0.2) is 60.7 Å². The maximum atomic E-state index is 13.0. The number of carbonyl (C=O) groups is 1. The maximum absolute atomic E-state index is 13.0. The smallest absolute Gasteiger partial charge is 0.260 e. The summed E-state index contributed by atoms with van der Waals surface area (Å²) in [6.45, 7) is 0.617. The lowest BCUT2D eigenvalue weighted by molar-refractivity contribution is 0.0967. The molecule has 130 valence electrons. The summed E-state index contributed by atoms with van der Waals surface area (Å²) in [5, 5.41) is 2.24. The maximum Gasteiger partial charge on any atom is 0.260 e. The number of hydrogen-bond donors (Lipinski definition) is 0. The second-order valence-electron chi connectivity index (χ2n) is 7.42. The zero-order valence-corrected chi connectivity index (χ0v) is 15.0. The van der Waals surface area contributed by atoms with Crippen LogP contribution >= 0.6 is 0 Å². The van der Waals surface area contributed by atoms with Crippen molar-refractivity contribution >= 4 is 22.4 Å². The molecule has 1 heterocycles. The third kappa shape index (κ3) is 2.27. The van der Waals surface area contributed by atoms with Gasteiger partial charge in [-0.15, -0.1) is 0 Å². The highest BCUT2D eigenvalue weighted by Crippen LogP contribution is 2.39. The van der Waals surface area contributed by atoms with Crippen LogP contribution in [0.3, 0.4) is 0 Å². The van der Waals surface area contributed by atoms with Gasteiger partial charge in [-0.1, -0.05) is 48.5 Å². The van der Waals surface area contributed by atoms with Crippen molar-refractivity contribution in [2.75, 3.05) is 18.6 Å². The van der Waals surface area contributed by atoms with Gasteiger partial charge in [0.15, 0.2) is 0 Å². The van der Waals surface area contributed by atoms with Gasteiger partial charge in [-0.2, -0.15) is 0 Å². The molecule has 1 aliphatic heterocycles. The summed E-state index contributed by atoms with van der Waals surface area (Å²) in [5.74, 6) is 0.118. The summed E-state index contributed by atoms with van der Waals surface area (Å²) >= 11 is 0. The van der Waals surface area contributed by atoms with Gasteiger partial charge < -0.3 is 0 Å². The Kier molecular flexibility index (Phi) is 3.57. The number of fused-ring (bicyclic) bond motifs is 1. The minimum atomic E-state index is 0.118. The van der Waals surface area contributed by atoms with Gasteiger partial charge >= 0.3 is 0 Å². The fourth-order valence-corrected chi connectivity index (χ4v) is 4.63. The van der Waals surface area contributed by atoms with Gasteiger partial charge in [-0.3, -0.25) is 14.6 Å². The number of benzene rings is 3. The Morgan fingerprint density at radius 2 is 1.85 bits per heavy atom. The number of nitrogens with zero attached hydrogens (tertiary/aromatic N) is 2. The van der Waals surface area contributed by atoms with Gasteiger partial charge in [-0.05, 0) is 55.0 Å². The van der Waals surface area contributed by atoms with Gasteiger partial charge in [-0.25, -0.2) is 0 Å². The molecule has 2 aliphatic rings. The number of anilines is 1. The Hall–Kier alpha value is -2.65. The lowest BCUT2D eigenvalue weighted by atomic mass is 9.87. The summed E-state index contributed by atoms with van der Waals surface area (Å²) < 4.78 is 0. The van der Waals surface area contributed by atoms with Crippen molar-refractivity contribution < 1.29 is 4.79 Å². The molecule has 1 amide bonds. The topological polar surface area (TPSA) is 23.6 Å². The quantitative estimate of drug-likeness (QED) is 0.685. The van der Waals surface area contributed by atoms with Crippen molar-refractivity contribution in [3.8, 4) is 0 Å². The lowest BCUT2D eigenvalue weighted by Crippen LogP contribution is -2.40. The van der Waals surface area contributed by atoms with Gasteiger partial charge in [0.1, 0.15) is 0 Å². The fourth-order valence-electron chi connectivity index (χ4n) is 4.63. The fraction of sp³-hybridized carbons (Fsp3) is 0.261. The minimum Gasteiger partial charge on any atom is -0.294 e. The summed E-state index contributed by atoms with van der Waals surface area (Å²) in [6.07, 6.45) is 3.51. The first-order valence-electron chi connectivity index (χ1n) is 9.36. The Balaban J connectivity index is 1.48. The highest BCUT2D eigenvalue weighted by molar-refractivity contribution is 6.24. The molecule has 26 heavy (non-hydrogen) atoms. The van der Waals surface area contributed by atoms with Crippen molar-refractivity contribution in [3.05, 3.63) is 77.4 Å². The van der Waals surface area contributed by atoms with Crippen molar-refractivity contribution in [2.45, 2.75) is 25.3 Å². The van der Waals surface area contributed by atoms with Crippen LogP contribution in [0, 0.1) is 0 Å². The van der Waals surface area contributed by atoms with E-state index in [4.69, 9.17) is 0 Å². The predicted molar refractivity (Wildman–Crippen MR) is 106 cm³/mol. The molecule has 3 nitrogen and oxygen atoms in total. The third-order valence-corrected chi connectivity index (χ3v) is 5.88. The van der Waals surface area contributed by atoms with E-state index in [9.17, 15) is 4.79 Å². The van der Waals surface area contributed by atoms with Crippen molar-refractivity contribution in [1.29, 1.82) is 0 Å². The number of rotatable bonds is 3. The minimum absolute atomic E-state index is 0.118. The highest BCUT2D eigenvalue weighted by atomic mass is 16.2. The van der Waals surface area contributed by atoms with E-state index in [-0.39, 0.29) is 5.91 Å². The second-order valence-corrected chi connectivity index (χ2v) is 7.42. The molecule has 1 aliphatic carbocycles. The average Bonchev–Trinajstić information content (AvgIpc) is 2.95. The van der Waals surface area contributed by atoms with Crippen LogP contribution in [0.25, 0.3) is 10.8 Å². The van der Waals surface area contributed by atoms with E-state index in [1.165, 1.54) is 17.5 Å². The number of amides is 1. The third-order valence-electron chi connectivity index (χ3n) is 5.88. The van der Waals surface area contributed by atoms with E-state index in [1.54, 1.807) is 0 Å². The average molecular weight is 342 g/mol. The molecular formula is C23H22N2O. The Morgan fingerprint density at radius 3 is 2.73 bits per heavy atom. The van der Waals surface area contributed by atoms with Crippen molar-refractivity contribution in [1.82, 2.24) is 4.90 Å². The molecule has 3 aromatic carbocycles. The van der Waals surface area contributed by atoms with Crippen molar-refractivity contribution in [3.63, 3.8) is 0 Å². The molecule has 0 saturated heterocycles. The summed E-state index contributed by atoms with van der Waals surface area (Å²) in [6, 6.07) is 21.3. The number of carbonyl (C=O) groups excluding carboxylic acids is 1. The van der Waals surface area contributed by atoms with Crippen LogP contribution in [0.2, 0.25) is 0 Å². The molecule has 3 aromatic rings. The predicted octanol–water partition coefficient (Wildman–Crippen LogP) is 4.77. The molecule has 0 N–H and O–H groups in total. The number of aryl methyl sites for hydroxylation is 1. The van der Waals surface area contributed by atoms with Crippen LogP contribution in [-0.2, 0) is 6.42 Å². The zero-order valence-electron chi connectivity index (χ0n) is 15.0. The molecule has 0 spiro atoms. The summed E-state index contributed by atoms with van der Waals surface area (Å²) in [7, 11) is 2.14. The van der Waals surface area contributed by atoms with E-state index in [2.05, 4.69) is 54.4 Å². The summed E-state index contributed by atoms with van der Waals surface area (Å²) in [5.41, 5.74) is 4.74. The molecule has 0 bridgehead atoms. The Labute approximate surface area is 153 Å². The molecule has 0 unspecified atom stereocenters. The summed E-state index contributed by atoms with van der Waals surface area (Å²) in [4.78, 5) is 17.3. The van der Waals surface area contributed by atoms with E-state index >= 15 is 0 Å².